The third-order valence-corrected chi connectivity index (χ3v) is 15.5. The quantitative estimate of drug-likeness (QED) is 0.240. The van der Waals surface area contributed by atoms with Crippen molar-refractivity contribution in [3.8, 4) is 11.1 Å². The molecule has 1 heteroatoms. The average molecular weight is 713 g/mol. The fraction of sp³-hybridized carbons (Fsp3) is 0.296. The molecule has 0 spiro atoms. The zero-order valence-corrected chi connectivity index (χ0v) is 32.0. The Morgan fingerprint density at radius 1 is 0.727 bits per heavy atom. The summed E-state index contributed by atoms with van der Waals surface area (Å²) in [5.41, 5.74) is 14.3. The van der Waals surface area contributed by atoms with Gasteiger partial charge < -0.3 is 4.74 Å². The molecular formula is C54H48O. The number of ether oxygens (including phenoxy) is 1. The van der Waals surface area contributed by atoms with Crippen LogP contribution in [0.1, 0.15) is 50.3 Å². The van der Waals surface area contributed by atoms with Gasteiger partial charge in [0, 0.05) is 34.5 Å². The summed E-state index contributed by atoms with van der Waals surface area (Å²) in [6.07, 6.45) is 38.6. The minimum atomic E-state index is -0.0243. The maximum Gasteiger partial charge on any atom is 0.0901 e. The van der Waals surface area contributed by atoms with Crippen molar-refractivity contribution in [1.29, 1.82) is 0 Å². The monoisotopic (exact) mass is 712 g/mol. The lowest BCUT2D eigenvalue weighted by Gasteiger charge is -2.59. The number of fused-ring (bicyclic) bond motifs is 11. The lowest BCUT2D eigenvalue weighted by atomic mass is 9.50. The second-order valence-corrected chi connectivity index (χ2v) is 18.4. The number of hydrogen-bond donors (Lipinski definition) is 0. The minimum Gasteiger partial charge on any atom is -0.365 e. The molecule has 0 amide bonds. The Labute approximate surface area is 325 Å². The Hall–Kier alpha value is -4.98. The zero-order chi connectivity index (χ0) is 36.6. The Morgan fingerprint density at radius 2 is 1.53 bits per heavy atom. The molecule has 0 saturated carbocycles. The molecule has 0 radical (unpaired) electrons. The van der Waals surface area contributed by atoms with Crippen LogP contribution in [0.5, 0.6) is 0 Å². The van der Waals surface area contributed by atoms with Crippen LogP contribution in [0.4, 0.5) is 0 Å². The molecule has 9 aliphatic rings. The molecule has 8 aliphatic carbocycles. The summed E-state index contributed by atoms with van der Waals surface area (Å²) in [5, 5.41) is 2.79. The molecule has 1 saturated heterocycles. The molecule has 10 unspecified atom stereocenters. The standard InChI is InChI=1S/C54H48O/c1-53(2)48-24-11-9-19-38(48)39-26-25-32(28-49(39)53)43-30-45-37-18-8-7-17-36(37)44(31-46(45)35-16-6-5-15-34(35)43)42-21-12-20-41-40-22-13-27-54(3)47-23-10-4-14-33(47)29-50(51(40)54)55-52(41)42/h4-21,23-30,34-35,40-41,46-47,50-52H,22,31H2,1-3H3. The van der Waals surface area contributed by atoms with Crippen molar-refractivity contribution >= 4 is 16.7 Å². The van der Waals surface area contributed by atoms with Crippen LogP contribution in [0.25, 0.3) is 27.8 Å². The van der Waals surface area contributed by atoms with Crippen molar-refractivity contribution in [3.05, 3.63) is 196 Å². The molecule has 10 atom stereocenters. The molecular weight excluding hydrogens is 665 g/mol. The molecule has 1 heterocycles. The first kappa shape index (κ1) is 32.3. The SMILES string of the molecule is CC1(C)c2ccccc2-c2ccc(C3=CC4=c5ccccc5=C(C5=CC=CC6C5OC5C=C7C=CC=CC7C7(C)C=CCC6C57)CC4C4C=CC=CC34)cc21. The summed E-state index contributed by atoms with van der Waals surface area (Å²) < 4.78 is 7.47. The van der Waals surface area contributed by atoms with Crippen LogP contribution in [-0.4, -0.2) is 12.2 Å². The summed E-state index contributed by atoms with van der Waals surface area (Å²) in [4.78, 5) is 0. The van der Waals surface area contributed by atoms with Crippen molar-refractivity contribution < 1.29 is 4.74 Å². The van der Waals surface area contributed by atoms with Gasteiger partial charge in [-0.3, -0.25) is 0 Å². The van der Waals surface area contributed by atoms with E-state index in [2.05, 4.69) is 179 Å². The third kappa shape index (κ3) is 4.40. The molecule has 1 fully saturated rings. The Kier molecular flexibility index (Phi) is 6.77. The second kappa shape index (κ2) is 11.5. The second-order valence-electron chi connectivity index (χ2n) is 18.4. The number of allylic oxidation sites excluding steroid dienone is 15. The summed E-state index contributed by atoms with van der Waals surface area (Å²) in [6.45, 7) is 7.29. The fourth-order valence-corrected chi connectivity index (χ4v) is 13.0. The number of benzene rings is 3. The highest BCUT2D eigenvalue weighted by Crippen LogP contribution is 2.61. The predicted octanol–water partition coefficient (Wildman–Crippen LogP) is 10.5. The van der Waals surface area contributed by atoms with Crippen molar-refractivity contribution in [2.75, 3.05) is 0 Å². The van der Waals surface area contributed by atoms with E-state index < -0.39 is 0 Å². The molecule has 1 aliphatic heterocycles. The van der Waals surface area contributed by atoms with Crippen molar-refractivity contribution in [1.82, 2.24) is 0 Å². The van der Waals surface area contributed by atoms with Crippen LogP contribution in [0.2, 0.25) is 0 Å². The molecule has 12 rings (SSSR count). The van der Waals surface area contributed by atoms with Gasteiger partial charge in [-0.15, -0.1) is 0 Å². The predicted molar refractivity (Wildman–Crippen MR) is 226 cm³/mol. The van der Waals surface area contributed by atoms with Crippen LogP contribution >= 0.6 is 0 Å². The summed E-state index contributed by atoms with van der Waals surface area (Å²) in [7, 11) is 0. The Morgan fingerprint density at radius 3 is 2.45 bits per heavy atom. The molecule has 270 valence electrons. The van der Waals surface area contributed by atoms with E-state index in [0.29, 0.717) is 41.4 Å². The van der Waals surface area contributed by atoms with Crippen molar-refractivity contribution in [3.63, 3.8) is 0 Å². The van der Waals surface area contributed by atoms with Gasteiger partial charge in [0.05, 0.1) is 12.2 Å². The highest BCUT2D eigenvalue weighted by Gasteiger charge is 2.57. The van der Waals surface area contributed by atoms with E-state index in [0.717, 1.165) is 12.8 Å². The number of rotatable bonds is 2. The maximum absolute atomic E-state index is 7.47. The van der Waals surface area contributed by atoms with E-state index in [-0.39, 0.29) is 23.0 Å². The van der Waals surface area contributed by atoms with Crippen LogP contribution in [0.3, 0.4) is 0 Å². The summed E-state index contributed by atoms with van der Waals surface area (Å²) in [5.74, 6) is 2.94. The van der Waals surface area contributed by atoms with Crippen molar-refractivity contribution in [2.45, 2.75) is 51.2 Å². The van der Waals surface area contributed by atoms with Crippen LogP contribution in [-0.2, 0) is 10.2 Å². The molecule has 0 N–H and O–H groups in total. The highest BCUT2D eigenvalue weighted by molar-refractivity contribution is 5.88. The van der Waals surface area contributed by atoms with E-state index in [1.54, 1.807) is 0 Å². The normalized spacial score (nSPS) is 35.9. The van der Waals surface area contributed by atoms with Crippen molar-refractivity contribution in [2.24, 2.45) is 46.8 Å². The van der Waals surface area contributed by atoms with Gasteiger partial charge in [0.2, 0.25) is 0 Å². The molecule has 1 nitrogen and oxygen atoms in total. The zero-order valence-electron chi connectivity index (χ0n) is 32.0. The lowest BCUT2D eigenvalue weighted by Crippen LogP contribution is -2.58. The van der Waals surface area contributed by atoms with Crippen LogP contribution in [0, 0.1) is 46.8 Å². The Bertz CT molecular complexity index is 2620. The van der Waals surface area contributed by atoms with Gasteiger partial charge in [0.1, 0.15) is 0 Å². The minimum absolute atomic E-state index is 0.0243. The van der Waals surface area contributed by atoms with E-state index in [4.69, 9.17) is 4.74 Å². The first-order chi connectivity index (χ1) is 26.9. The maximum atomic E-state index is 7.47. The van der Waals surface area contributed by atoms with Gasteiger partial charge in [0.25, 0.3) is 0 Å². The first-order valence-electron chi connectivity index (χ1n) is 20.8. The van der Waals surface area contributed by atoms with E-state index in [9.17, 15) is 0 Å². The molecule has 0 bridgehead atoms. The van der Waals surface area contributed by atoms with Crippen LogP contribution < -0.4 is 10.4 Å². The molecule has 3 aromatic carbocycles. The topological polar surface area (TPSA) is 9.23 Å². The highest BCUT2D eigenvalue weighted by atomic mass is 16.5. The van der Waals surface area contributed by atoms with Gasteiger partial charge in [-0.05, 0) is 103 Å². The first-order valence-corrected chi connectivity index (χ1v) is 20.8. The van der Waals surface area contributed by atoms with E-state index >= 15 is 0 Å². The van der Waals surface area contributed by atoms with E-state index in [1.807, 2.05) is 0 Å². The van der Waals surface area contributed by atoms with Gasteiger partial charge in [-0.1, -0.05) is 173 Å². The molecule has 55 heavy (non-hydrogen) atoms. The Balaban J connectivity index is 0.999. The number of hydrogen-bond acceptors (Lipinski definition) is 1. The molecule has 0 aromatic heterocycles. The third-order valence-electron chi connectivity index (χ3n) is 15.5. The van der Waals surface area contributed by atoms with Gasteiger partial charge >= 0.3 is 0 Å². The summed E-state index contributed by atoms with van der Waals surface area (Å²) >= 11 is 0. The fourth-order valence-electron chi connectivity index (χ4n) is 13.0. The summed E-state index contributed by atoms with van der Waals surface area (Å²) in [6, 6.07) is 25.6. The van der Waals surface area contributed by atoms with E-state index in [1.165, 1.54) is 66.1 Å². The van der Waals surface area contributed by atoms with Gasteiger partial charge in [0.15, 0.2) is 0 Å². The van der Waals surface area contributed by atoms with Crippen LogP contribution in [0.15, 0.2) is 169 Å². The van der Waals surface area contributed by atoms with Gasteiger partial charge in [-0.25, -0.2) is 0 Å². The lowest BCUT2D eigenvalue weighted by molar-refractivity contribution is -0.138. The smallest absolute Gasteiger partial charge is 0.0901 e. The largest absolute Gasteiger partial charge is 0.365 e. The molecule has 3 aromatic rings. The average Bonchev–Trinajstić information content (AvgIpc) is 3.45. The van der Waals surface area contributed by atoms with Gasteiger partial charge in [-0.2, -0.15) is 0 Å².